The summed E-state index contributed by atoms with van der Waals surface area (Å²) in [5, 5.41) is 7.38. The molecule has 1 aliphatic heterocycles. The van der Waals surface area contributed by atoms with Gasteiger partial charge in [-0.3, -0.25) is 0 Å². The van der Waals surface area contributed by atoms with E-state index in [9.17, 15) is 0 Å². The zero-order valence-electron chi connectivity index (χ0n) is 13.1. The van der Waals surface area contributed by atoms with E-state index in [1.807, 2.05) is 12.1 Å². The van der Waals surface area contributed by atoms with Crippen molar-refractivity contribution in [2.45, 2.75) is 31.5 Å². The van der Waals surface area contributed by atoms with E-state index in [1.54, 1.807) is 7.11 Å². The van der Waals surface area contributed by atoms with Crippen LogP contribution in [0.2, 0.25) is 0 Å². The molecule has 3 rings (SSSR count). The van der Waals surface area contributed by atoms with Crippen molar-refractivity contribution in [2.24, 2.45) is 0 Å². The molecule has 0 aliphatic carbocycles. The quantitative estimate of drug-likeness (QED) is 0.888. The maximum absolute atomic E-state index is 5.21. The monoisotopic (exact) mass is 296 g/mol. The van der Waals surface area contributed by atoms with Gasteiger partial charge in [0.1, 0.15) is 5.75 Å². The van der Waals surface area contributed by atoms with Crippen molar-refractivity contribution in [3.05, 3.63) is 65.7 Å². The van der Waals surface area contributed by atoms with Gasteiger partial charge in [-0.15, -0.1) is 0 Å². The molecule has 0 spiro atoms. The largest absolute Gasteiger partial charge is 0.497 e. The molecule has 0 radical (unpaired) electrons. The molecule has 3 nitrogen and oxygen atoms in total. The molecule has 1 heterocycles. The van der Waals surface area contributed by atoms with Crippen LogP contribution in [0, 0.1) is 0 Å². The molecule has 2 aromatic carbocycles. The smallest absolute Gasteiger partial charge is 0.118 e. The highest BCUT2D eigenvalue weighted by Gasteiger charge is 2.25. The summed E-state index contributed by atoms with van der Waals surface area (Å²) < 4.78 is 5.21. The van der Waals surface area contributed by atoms with Crippen molar-refractivity contribution in [2.75, 3.05) is 13.7 Å². The maximum atomic E-state index is 5.21. The SMILES string of the molecule is COc1ccc(CNC2CCCNC2c2ccccc2)cc1. The van der Waals surface area contributed by atoms with E-state index < -0.39 is 0 Å². The van der Waals surface area contributed by atoms with E-state index in [-0.39, 0.29) is 0 Å². The van der Waals surface area contributed by atoms with Gasteiger partial charge in [-0.2, -0.15) is 0 Å². The highest BCUT2D eigenvalue weighted by molar-refractivity contribution is 5.27. The molecule has 2 N–H and O–H groups in total. The van der Waals surface area contributed by atoms with Crippen LogP contribution in [0.5, 0.6) is 5.75 Å². The lowest BCUT2D eigenvalue weighted by Crippen LogP contribution is -2.45. The van der Waals surface area contributed by atoms with Crippen molar-refractivity contribution in [1.29, 1.82) is 0 Å². The number of nitrogens with one attached hydrogen (secondary N) is 2. The lowest BCUT2D eigenvalue weighted by atomic mass is 9.92. The summed E-state index contributed by atoms with van der Waals surface area (Å²) in [5.74, 6) is 0.908. The second-order valence-corrected chi connectivity index (χ2v) is 5.82. The molecule has 0 aromatic heterocycles. The molecule has 2 atom stereocenters. The fourth-order valence-corrected chi connectivity index (χ4v) is 3.11. The first kappa shape index (κ1) is 15.1. The first-order chi connectivity index (χ1) is 10.9. The topological polar surface area (TPSA) is 33.3 Å². The Hall–Kier alpha value is -1.84. The van der Waals surface area contributed by atoms with Crippen LogP contribution in [0.15, 0.2) is 54.6 Å². The molecule has 116 valence electrons. The minimum Gasteiger partial charge on any atom is -0.497 e. The van der Waals surface area contributed by atoms with E-state index in [0.29, 0.717) is 12.1 Å². The first-order valence-corrected chi connectivity index (χ1v) is 8.01. The Balaban J connectivity index is 1.64. The second kappa shape index (κ2) is 7.43. The predicted molar refractivity (Wildman–Crippen MR) is 90.0 cm³/mol. The van der Waals surface area contributed by atoms with Gasteiger partial charge in [-0.05, 0) is 42.6 Å². The van der Waals surface area contributed by atoms with Gasteiger partial charge in [-0.25, -0.2) is 0 Å². The fraction of sp³-hybridized carbons (Fsp3) is 0.368. The standard InChI is InChI=1S/C19H24N2O/c1-22-17-11-9-15(10-12-17)14-21-18-8-5-13-20-19(18)16-6-3-2-4-7-16/h2-4,6-7,9-12,18-21H,5,8,13-14H2,1H3. The van der Waals surface area contributed by atoms with Crippen molar-refractivity contribution in [3.63, 3.8) is 0 Å². The van der Waals surface area contributed by atoms with E-state index in [4.69, 9.17) is 4.74 Å². The third-order valence-electron chi connectivity index (χ3n) is 4.34. The summed E-state index contributed by atoms with van der Waals surface area (Å²) >= 11 is 0. The first-order valence-electron chi connectivity index (χ1n) is 8.01. The Morgan fingerprint density at radius 3 is 2.59 bits per heavy atom. The average Bonchev–Trinajstić information content (AvgIpc) is 2.61. The van der Waals surface area contributed by atoms with Crippen molar-refractivity contribution in [3.8, 4) is 5.75 Å². The Kier molecular flexibility index (Phi) is 5.09. The number of rotatable bonds is 5. The zero-order chi connectivity index (χ0) is 15.2. The minimum atomic E-state index is 0.396. The van der Waals surface area contributed by atoms with Gasteiger partial charge < -0.3 is 15.4 Å². The van der Waals surface area contributed by atoms with Crippen LogP contribution >= 0.6 is 0 Å². The average molecular weight is 296 g/mol. The number of hydrogen-bond acceptors (Lipinski definition) is 3. The van der Waals surface area contributed by atoms with E-state index in [0.717, 1.165) is 18.8 Å². The Morgan fingerprint density at radius 1 is 1.09 bits per heavy atom. The van der Waals surface area contributed by atoms with Crippen LogP contribution in [-0.4, -0.2) is 19.7 Å². The number of benzene rings is 2. The van der Waals surface area contributed by atoms with Crippen molar-refractivity contribution >= 4 is 0 Å². The summed E-state index contributed by atoms with van der Waals surface area (Å²) in [7, 11) is 1.70. The third kappa shape index (κ3) is 3.67. The molecule has 0 saturated carbocycles. The molecular weight excluding hydrogens is 272 g/mol. The molecule has 0 amide bonds. The van der Waals surface area contributed by atoms with E-state index in [2.05, 4.69) is 53.1 Å². The number of hydrogen-bond donors (Lipinski definition) is 2. The third-order valence-corrected chi connectivity index (χ3v) is 4.34. The Labute approximate surface area is 132 Å². The van der Waals surface area contributed by atoms with Gasteiger partial charge in [-0.1, -0.05) is 42.5 Å². The van der Waals surface area contributed by atoms with Crippen LogP contribution in [0.1, 0.15) is 30.0 Å². The summed E-state index contributed by atoms with van der Waals surface area (Å²) in [6.07, 6.45) is 2.44. The summed E-state index contributed by atoms with van der Waals surface area (Å²) in [6, 6.07) is 19.9. The number of methoxy groups -OCH3 is 1. The molecule has 2 unspecified atom stereocenters. The van der Waals surface area contributed by atoms with Crippen LogP contribution in [-0.2, 0) is 6.54 Å². The van der Waals surface area contributed by atoms with Crippen LogP contribution in [0.25, 0.3) is 0 Å². The minimum absolute atomic E-state index is 0.396. The molecule has 3 heteroatoms. The summed E-state index contributed by atoms with van der Waals surface area (Å²) in [6.45, 7) is 1.99. The van der Waals surface area contributed by atoms with Gasteiger partial charge in [0, 0.05) is 18.6 Å². The molecule has 22 heavy (non-hydrogen) atoms. The van der Waals surface area contributed by atoms with E-state index in [1.165, 1.54) is 24.0 Å². The molecule has 1 saturated heterocycles. The summed E-state index contributed by atoms with van der Waals surface area (Å²) in [5.41, 5.74) is 2.66. The highest BCUT2D eigenvalue weighted by atomic mass is 16.5. The van der Waals surface area contributed by atoms with Gasteiger partial charge in [0.15, 0.2) is 0 Å². The van der Waals surface area contributed by atoms with Gasteiger partial charge in [0.05, 0.1) is 7.11 Å². The number of ether oxygens (including phenoxy) is 1. The number of piperidine rings is 1. The van der Waals surface area contributed by atoms with Crippen molar-refractivity contribution < 1.29 is 4.74 Å². The van der Waals surface area contributed by atoms with Gasteiger partial charge in [0.25, 0.3) is 0 Å². The lowest BCUT2D eigenvalue weighted by Gasteiger charge is -2.34. The maximum Gasteiger partial charge on any atom is 0.118 e. The zero-order valence-corrected chi connectivity index (χ0v) is 13.1. The lowest BCUT2D eigenvalue weighted by molar-refractivity contribution is 0.304. The predicted octanol–water partition coefficient (Wildman–Crippen LogP) is 3.28. The Bertz CT molecular complexity index is 568. The normalized spacial score (nSPS) is 21.5. The summed E-state index contributed by atoms with van der Waals surface area (Å²) in [4.78, 5) is 0. The van der Waals surface area contributed by atoms with Crippen LogP contribution < -0.4 is 15.4 Å². The van der Waals surface area contributed by atoms with Crippen molar-refractivity contribution in [1.82, 2.24) is 10.6 Å². The molecule has 1 aliphatic rings. The molecular formula is C19H24N2O. The molecule has 2 aromatic rings. The van der Waals surface area contributed by atoms with E-state index >= 15 is 0 Å². The molecule has 0 bridgehead atoms. The highest BCUT2D eigenvalue weighted by Crippen LogP contribution is 2.24. The molecule has 1 fully saturated rings. The fourth-order valence-electron chi connectivity index (χ4n) is 3.11. The Morgan fingerprint density at radius 2 is 1.86 bits per heavy atom. The van der Waals surface area contributed by atoms with Gasteiger partial charge in [0.2, 0.25) is 0 Å². The van der Waals surface area contributed by atoms with Crippen LogP contribution in [0.4, 0.5) is 0 Å². The van der Waals surface area contributed by atoms with Gasteiger partial charge >= 0.3 is 0 Å². The van der Waals surface area contributed by atoms with Crippen LogP contribution in [0.3, 0.4) is 0 Å². The second-order valence-electron chi connectivity index (χ2n) is 5.82.